The van der Waals surface area contributed by atoms with Gasteiger partial charge in [0.2, 0.25) is 12.5 Å². The van der Waals surface area contributed by atoms with Crippen LogP contribution in [0.3, 0.4) is 0 Å². The molecular weight excluding hydrogens is 388 g/mol. The van der Waals surface area contributed by atoms with E-state index in [0.29, 0.717) is 18.1 Å². The van der Waals surface area contributed by atoms with Crippen LogP contribution in [-0.4, -0.2) is 38.7 Å². The van der Waals surface area contributed by atoms with Gasteiger partial charge >= 0.3 is 5.97 Å². The van der Waals surface area contributed by atoms with E-state index in [2.05, 4.69) is 6.92 Å². The van der Waals surface area contributed by atoms with Gasteiger partial charge in [-0.25, -0.2) is 0 Å². The molecule has 0 bridgehead atoms. The highest BCUT2D eigenvalue weighted by molar-refractivity contribution is 5.77. The van der Waals surface area contributed by atoms with E-state index in [0.717, 1.165) is 34.6 Å². The van der Waals surface area contributed by atoms with Gasteiger partial charge < -0.3 is 28.8 Å². The molecule has 0 aromatic heterocycles. The Balaban J connectivity index is 1.68. The largest absolute Gasteiger partial charge is 0.502 e. The number of hydrogen-bond acceptors (Lipinski definition) is 7. The zero-order valence-corrected chi connectivity index (χ0v) is 17.1. The summed E-state index contributed by atoms with van der Waals surface area (Å²) in [7, 11) is 2.99. The standard InChI is InChI=1S/C23H24O7/c1-11-15-8-17-16(29-10-30-17)5-12(15)4-14-9-28-23(25)21(14)20(11)13-6-18(26-2)22(24)19(7-13)27-3/h5-8,11,14,20-21,24H,4,9-10H2,1-3H3/t11?,14?,20-,21+/m0/s1. The predicted molar refractivity (Wildman–Crippen MR) is 107 cm³/mol. The van der Waals surface area contributed by atoms with E-state index in [1.165, 1.54) is 14.2 Å². The Labute approximate surface area is 174 Å². The maximum absolute atomic E-state index is 12.8. The molecule has 30 heavy (non-hydrogen) atoms. The van der Waals surface area contributed by atoms with Crippen LogP contribution in [0.5, 0.6) is 28.7 Å². The first-order valence-corrected chi connectivity index (χ1v) is 10.1. The summed E-state index contributed by atoms with van der Waals surface area (Å²) in [5, 5.41) is 10.4. The van der Waals surface area contributed by atoms with Crippen molar-refractivity contribution < 1.29 is 33.6 Å². The van der Waals surface area contributed by atoms with Crippen LogP contribution in [0, 0.1) is 11.8 Å². The van der Waals surface area contributed by atoms with E-state index in [1.807, 2.05) is 12.1 Å². The van der Waals surface area contributed by atoms with Gasteiger partial charge in [-0.05, 0) is 53.3 Å². The van der Waals surface area contributed by atoms with Crippen LogP contribution in [0.15, 0.2) is 24.3 Å². The van der Waals surface area contributed by atoms with Crippen LogP contribution in [0.2, 0.25) is 0 Å². The van der Waals surface area contributed by atoms with Crippen molar-refractivity contribution in [3.05, 3.63) is 41.0 Å². The maximum atomic E-state index is 12.8. The number of carbonyl (C=O) groups excluding carboxylic acids is 1. The molecule has 2 unspecified atom stereocenters. The first-order chi connectivity index (χ1) is 14.5. The molecule has 7 heteroatoms. The van der Waals surface area contributed by atoms with Crippen molar-refractivity contribution in [3.8, 4) is 28.7 Å². The molecule has 0 saturated carbocycles. The van der Waals surface area contributed by atoms with Crippen molar-refractivity contribution in [2.24, 2.45) is 11.8 Å². The number of phenols is 1. The van der Waals surface area contributed by atoms with Gasteiger partial charge in [0.1, 0.15) is 0 Å². The Morgan fingerprint density at radius 2 is 1.63 bits per heavy atom. The average molecular weight is 412 g/mol. The van der Waals surface area contributed by atoms with Crippen molar-refractivity contribution in [2.75, 3.05) is 27.6 Å². The molecule has 2 aliphatic heterocycles. The molecule has 2 aromatic rings. The highest BCUT2D eigenvalue weighted by atomic mass is 16.7. The zero-order chi connectivity index (χ0) is 21.0. The second kappa shape index (κ2) is 7.00. The molecule has 5 rings (SSSR count). The van der Waals surface area contributed by atoms with Crippen LogP contribution in [0.4, 0.5) is 0 Å². The van der Waals surface area contributed by atoms with Crippen LogP contribution in [0.1, 0.15) is 35.4 Å². The lowest BCUT2D eigenvalue weighted by atomic mass is 9.73. The summed E-state index contributed by atoms with van der Waals surface area (Å²) in [5.41, 5.74) is 3.16. The van der Waals surface area contributed by atoms with Gasteiger partial charge in [-0.1, -0.05) is 6.92 Å². The van der Waals surface area contributed by atoms with Crippen molar-refractivity contribution in [1.82, 2.24) is 0 Å². The fourth-order valence-electron chi connectivity index (χ4n) is 5.20. The monoisotopic (exact) mass is 412 g/mol. The van der Waals surface area contributed by atoms with Gasteiger partial charge in [-0.2, -0.15) is 0 Å². The third-order valence-corrected chi connectivity index (χ3v) is 6.64. The number of phenolic OH excluding ortho intramolecular Hbond substituents is 1. The molecule has 7 nitrogen and oxygen atoms in total. The smallest absolute Gasteiger partial charge is 0.310 e. The Morgan fingerprint density at radius 3 is 2.30 bits per heavy atom. The summed E-state index contributed by atoms with van der Waals surface area (Å²) < 4.78 is 27.4. The first-order valence-electron chi connectivity index (χ1n) is 10.1. The number of ether oxygens (including phenoxy) is 5. The normalized spacial score (nSPS) is 26.4. The van der Waals surface area contributed by atoms with Crippen LogP contribution < -0.4 is 18.9 Å². The summed E-state index contributed by atoms with van der Waals surface area (Å²) in [6.45, 7) is 2.73. The average Bonchev–Trinajstić information content (AvgIpc) is 3.32. The molecule has 1 N–H and O–H groups in total. The summed E-state index contributed by atoms with van der Waals surface area (Å²) in [4.78, 5) is 12.8. The number of esters is 1. The minimum absolute atomic E-state index is 0.00546. The van der Waals surface area contributed by atoms with Gasteiger partial charge in [0, 0.05) is 11.8 Å². The number of benzene rings is 2. The molecule has 158 valence electrons. The van der Waals surface area contributed by atoms with Gasteiger partial charge in [0.15, 0.2) is 23.0 Å². The minimum atomic E-state index is -0.303. The van der Waals surface area contributed by atoms with Gasteiger partial charge in [-0.15, -0.1) is 0 Å². The van der Waals surface area contributed by atoms with Gasteiger partial charge in [0.25, 0.3) is 0 Å². The Hall–Kier alpha value is -3.09. The van der Waals surface area contributed by atoms with Gasteiger partial charge in [-0.3, -0.25) is 4.79 Å². The third kappa shape index (κ3) is 2.75. The molecule has 0 radical (unpaired) electrons. The molecule has 0 spiro atoms. The molecule has 2 aromatic carbocycles. The van der Waals surface area contributed by atoms with E-state index in [-0.39, 0.29) is 42.2 Å². The van der Waals surface area contributed by atoms with E-state index in [9.17, 15) is 9.90 Å². The molecule has 1 fully saturated rings. The highest BCUT2D eigenvalue weighted by Crippen LogP contribution is 2.53. The van der Waals surface area contributed by atoms with Crippen molar-refractivity contribution in [3.63, 3.8) is 0 Å². The van der Waals surface area contributed by atoms with Crippen molar-refractivity contribution in [2.45, 2.75) is 25.2 Å². The molecular formula is C23H24O7. The number of fused-ring (bicyclic) bond motifs is 3. The lowest BCUT2D eigenvalue weighted by molar-refractivity contribution is -0.142. The molecule has 3 aliphatic rings. The quantitative estimate of drug-likeness (QED) is 0.774. The Morgan fingerprint density at radius 1 is 0.967 bits per heavy atom. The Bertz CT molecular complexity index is 990. The molecule has 1 aliphatic carbocycles. The number of aromatic hydroxyl groups is 1. The Kier molecular flexibility index (Phi) is 4.41. The molecule has 0 amide bonds. The third-order valence-electron chi connectivity index (χ3n) is 6.64. The summed E-state index contributed by atoms with van der Waals surface area (Å²) in [6, 6.07) is 7.66. The molecule has 2 heterocycles. The van der Waals surface area contributed by atoms with Crippen molar-refractivity contribution >= 4 is 5.97 Å². The second-order valence-corrected chi connectivity index (χ2v) is 8.11. The predicted octanol–water partition coefficient (Wildman–Crippen LogP) is 3.37. The number of hydrogen-bond donors (Lipinski definition) is 1. The highest BCUT2D eigenvalue weighted by Gasteiger charge is 2.48. The fourth-order valence-corrected chi connectivity index (χ4v) is 5.20. The summed E-state index contributed by atoms with van der Waals surface area (Å²) >= 11 is 0. The van der Waals surface area contributed by atoms with Gasteiger partial charge in [0.05, 0.1) is 26.7 Å². The topological polar surface area (TPSA) is 83.5 Å². The van der Waals surface area contributed by atoms with E-state index < -0.39 is 0 Å². The lowest BCUT2D eigenvalue weighted by Gasteiger charge is -2.29. The summed E-state index contributed by atoms with van der Waals surface area (Å²) in [6.07, 6.45) is 0.732. The molecule has 1 saturated heterocycles. The zero-order valence-electron chi connectivity index (χ0n) is 17.1. The second-order valence-electron chi connectivity index (χ2n) is 8.11. The lowest BCUT2D eigenvalue weighted by Crippen LogP contribution is -2.26. The number of rotatable bonds is 3. The summed E-state index contributed by atoms with van der Waals surface area (Å²) in [5.74, 6) is 1.44. The fraction of sp³-hybridized carbons (Fsp3) is 0.435. The number of carbonyl (C=O) groups is 1. The van der Waals surface area contributed by atoms with Crippen LogP contribution >= 0.6 is 0 Å². The number of methoxy groups -OCH3 is 2. The molecule has 4 atom stereocenters. The van der Waals surface area contributed by atoms with Crippen LogP contribution in [0.25, 0.3) is 0 Å². The SMILES string of the molecule is COc1cc([C@@H]2C(C)c3cc4c(cc3CC3COC(=O)[C@H]32)OCO4)cc(OC)c1O. The van der Waals surface area contributed by atoms with Crippen molar-refractivity contribution in [1.29, 1.82) is 0 Å². The minimum Gasteiger partial charge on any atom is -0.502 e. The van der Waals surface area contributed by atoms with E-state index >= 15 is 0 Å². The van der Waals surface area contributed by atoms with E-state index in [1.54, 1.807) is 12.1 Å². The van der Waals surface area contributed by atoms with Crippen LogP contribution in [-0.2, 0) is 16.0 Å². The first kappa shape index (κ1) is 18.9. The maximum Gasteiger partial charge on any atom is 0.310 e. The number of cyclic esters (lactones) is 1. The van der Waals surface area contributed by atoms with E-state index in [4.69, 9.17) is 23.7 Å².